The summed E-state index contributed by atoms with van der Waals surface area (Å²) in [4.78, 5) is 10.8. The number of hydrogen-bond acceptors (Lipinski definition) is 1. The van der Waals surface area contributed by atoms with Gasteiger partial charge in [-0.2, -0.15) is 13.2 Å². The molecule has 0 aliphatic heterocycles. The largest absolute Gasteiger partial charge is 0.481 e. The molecule has 104 valence electrons. The zero-order valence-corrected chi connectivity index (χ0v) is 9.88. The second-order valence-electron chi connectivity index (χ2n) is 4.74. The Hall–Kier alpha value is -1.59. The first-order valence-corrected chi connectivity index (χ1v) is 5.88. The topological polar surface area (TPSA) is 37.3 Å². The van der Waals surface area contributed by atoms with Crippen molar-refractivity contribution in [2.75, 3.05) is 0 Å². The number of carbonyl (C=O) groups is 1. The minimum atomic E-state index is -4.81. The predicted octanol–water partition coefficient (Wildman–Crippen LogP) is 3.81. The fourth-order valence-electron chi connectivity index (χ4n) is 2.37. The van der Waals surface area contributed by atoms with Crippen LogP contribution in [0.5, 0.6) is 0 Å². The summed E-state index contributed by atoms with van der Waals surface area (Å²) in [6.07, 6.45) is -3.85. The summed E-state index contributed by atoms with van der Waals surface area (Å²) in [6.45, 7) is 0. The van der Waals surface area contributed by atoms with Gasteiger partial charge in [0.05, 0.1) is 12.0 Å². The molecule has 1 fully saturated rings. The fraction of sp³-hybridized carbons (Fsp3) is 0.462. The summed E-state index contributed by atoms with van der Waals surface area (Å²) in [6, 6.07) is 3.12. The Labute approximate surface area is 107 Å². The van der Waals surface area contributed by atoms with Crippen LogP contribution in [-0.4, -0.2) is 11.1 Å². The first-order chi connectivity index (χ1) is 8.80. The third-order valence-corrected chi connectivity index (χ3v) is 3.31. The van der Waals surface area contributed by atoms with E-state index in [4.69, 9.17) is 5.11 Å². The maximum absolute atomic E-state index is 13.5. The molecule has 2 nitrogen and oxygen atoms in total. The van der Waals surface area contributed by atoms with Gasteiger partial charge < -0.3 is 5.11 Å². The highest BCUT2D eigenvalue weighted by Gasteiger charge is 2.42. The first kappa shape index (κ1) is 13.8. The van der Waals surface area contributed by atoms with Gasteiger partial charge in [0.1, 0.15) is 5.82 Å². The summed E-state index contributed by atoms with van der Waals surface area (Å²) in [5.41, 5.74) is -1.56. The molecule has 0 amide bonds. The van der Waals surface area contributed by atoms with E-state index in [2.05, 4.69) is 0 Å². The standard InChI is InChI=1S/C13H12F4O2/c14-10-3-1-2-8(12(10)13(15,16)17)9(6-11(18)19)7-4-5-7/h1-3,7,9H,4-6H2,(H,18,19). The maximum atomic E-state index is 13.5. The minimum Gasteiger partial charge on any atom is -0.481 e. The smallest absolute Gasteiger partial charge is 0.419 e. The van der Waals surface area contributed by atoms with Crippen molar-refractivity contribution in [1.82, 2.24) is 0 Å². The third-order valence-electron chi connectivity index (χ3n) is 3.31. The number of rotatable bonds is 4. The van der Waals surface area contributed by atoms with E-state index in [1.165, 1.54) is 12.1 Å². The van der Waals surface area contributed by atoms with Crippen molar-refractivity contribution >= 4 is 5.97 Å². The molecule has 1 saturated carbocycles. The van der Waals surface area contributed by atoms with Crippen LogP contribution in [0.25, 0.3) is 0 Å². The molecule has 0 radical (unpaired) electrons. The van der Waals surface area contributed by atoms with Gasteiger partial charge in [-0.3, -0.25) is 4.79 Å². The lowest BCUT2D eigenvalue weighted by Gasteiger charge is -2.20. The Bertz CT molecular complexity index is 492. The maximum Gasteiger partial charge on any atom is 0.419 e. The molecule has 0 spiro atoms. The van der Waals surface area contributed by atoms with E-state index in [9.17, 15) is 22.4 Å². The van der Waals surface area contributed by atoms with E-state index >= 15 is 0 Å². The Morgan fingerprint density at radius 2 is 2.00 bits per heavy atom. The van der Waals surface area contributed by atoms with Crippen LogP contribution in [0.3, 0.4) is 0 Å². The van der Waals surface area contributed by atoms with Crippen LogP contribution in [0.1, 0.15) is 36.3 Å². The van der Waals surface area contributed by atoms with Crippen molar-refractivity contribution in [3.05, 3.63) is 35.1 Å². The SMILES string of the molecule is O=C(O)CC(c1cccc(F)c1C(F)(F)F)C1CC1. The van der Waals surface area contributed by atoms with E-state index in [1.54, 1.807) is 0 Å². The van der Waals surface area contributed by atoms with E-state index in [0.717, 1.165) is 6.07 Å². The van der Waals surface area contributed by atoms with Crippen molar-refractivity contribution in [1.29, 1.82) is 0 Å². The molecule has 1 aliphatic rings. The molecule has 0 saturated heterocycles. The number of carboxylic acid groups (broad SMARTS) is 1. The number of carboxylic acids is 1. The molecular weight excluding hydrogens is 264 g/mol. The van der Waals surface area contributed by atoms with Crippen molar-refractivity contribution < 1.29 is 27.5 Å². The van der Waals surface area contributed by atoms with Gasteiger partial charge in [-0.1, -0.05) is 12.1 Å². The molecule has 2 rings (SSSR count). The highest BCUT2D eigenvalue weighted by atomic mass is 19.4. The van der Waals surface area contributed by atoms with Crippen molar-refractivity contribution in [2.45, 2.75) is 31.4 Å². The summed E-state index contributed by atoms with van der Waals surface area (Å²) >= 11 is 0. The summed E-state index contributed by atoms with van der Waals surface area (Å²) in [5, 5.41) is 8.81. The van der Waals surface area contributed by atoms with Gasteiger partial charge in [0.15, 0.2) is 0 Å². The van der Waals surface area contributed by atoms with Gasteiger partial charge in [0.25, 0.3) is 0 Å². The Balaban J connectivity index is 2.47. The molecule has 0 bridgehead atoms. The molecule has 19 heavy (non-hydrogen) atoms. The molecule has 1 N–H and O–H groups in total. The average molecular weight is 276 g/mol. The van der Waals surface area contributed by atoms with Gasteiger partial charge in [-0.05, 0) is 36.3 Å². The van der Waals surface area contributed by atoms with Gasteiger partial charge in [-0.25, -0.2) is 4.39 Å². The van der Waals surface area contributed by atoms with E-state index in [0.29, 0.717) is 12.8 Å². The van der Waals surface area contributed by atoms with Crippen molar-refractivity contribution in [2.24, 2.45) is 5.92 Å². The van der Waals surface area contributed by atoms with Crippen LogP contribution < -0.4 is 0 Å². The number of hydrogen-bond donors (Lipinski definition) is 1. The quantitative estimate of drug-likeness (QED) is 0.849. The molecule has 1 aromatic rings. The van der Waals surface area contributed by atoms with Gasteiger partial charge in [-0.15, -0.1) is 0 Å². The average Bonchev–Trinajstić information content (AvgIpc) is 3.07. The zero-order valence-electron chi connectivity index (χ0n) is 9.88. The lowest BCUT2D eigenvalue weighted by molar-refractivity contribution is -0.142. The monoisotopic (exact) mass is 276 g/mol. The summed E-state index contributed by atoms with van der Waals surface area (Å²) in [7, 11) is 0. The molecular formula is C13H12F4O2. The molecule has 6 heteroatoms. The highest BCUT2D eigenvalue weighted by Crippen LogP contribution is 2.48. The number of halogens is 4. The first-order valence-electron chi connectivity index (χ1n) is 5.88. The predicted molar refractivity (Wildman–Crippen MR) is 59.1 cm³/mol. The Morgan fingerprint density at radius 3 is 2.47 bits per heavy atom. The van der Waals surface area contributed by atoms with Crippen LogP contribution in [0.15, 0.2) is 18.2 Å². The van der Waals surface area contributed by atoms with Crippen LogP contribution in [0.4, 0.5) is 17.6 Å². The Kier molecular flexibility index (Phi) is 3.52. The van der Waals surface area contributed by atoms with Crippen molar-refractivity contribution in [3.8, 4) is 0 Å². The zero-order chi connectivity index (χ0) is 14.2. The molecule has 0 heterocycles. The lowest BCUT2D eigenvalue weighted by Crippen LogP contribution is -2.17. The van der Waals surface area contributed by atoms with Crippen LogP contribution in [-0.2, 0) is 11.0 Å². The second-order valence-corrected chi connectivity index (χ2v) is 4.74. The molecule has 1 atom stereocenters. The summed E-state index contributed by atoms with van der Waals surface area (Å²) < 4.78 is 52.2. The van der Waals surface area contributed by atoms with Gasteiger partial charge in [0, 0.05) is 0 Å². The molecule has 1 aliphatic carbocycles. The number of benzene rings is 1. The lowest BCUT2D eigenvalue weighted by atomic mass is 9.87. The molecule has 1 unspecified atom stereocenters. The highest BCUT2D eigenvalue weighted by molar-refractivity contribution is 5.68. The van der Waals surface area contributed by atoms with E-state index in [-0.39, 0.29) is 11.5 Å². The third kappa shape index (κ3) is 3.05. The molecule has 1 aromatic carbocycles. The fourth-order valence-corrected chi connectivity index (χ4v) is 2.37. The van der Waals surface area contributed by atoms with E-state index < -0.39 is 35.9 Å². The minimum absolute atomic E-state index is 0.0981. The van der Waals surface area contributed by atoms with E-state index in [1.807, 2.05) is 0 Å². The normalized spacial score (nSPS) is 17.3. The Morgan fingerprint density at radius 1 is 1.37 bits per heavy atom. The van der Waals surface area contributed by atoms with Crippen LogP contribution >= 0.6 is 0 Å². The van der Waals surface area contributed by atoms with Crippen LogP contribution in [0.2, 0.25) is 0 Å². The van der Waals surface area contributed by atoms with Gasteiger partial charge >= 0.3 is 12.1 Å². The number of aliphatic carboxylic acids is 1. The van der Waals surface area contributed by atoms with Gasteiger partial charge in [0.2, 0.25) is 0 Å². The second kappa shape index (κ2) is 4.83. The number of alkyl halides is 3. The van der Waals surface area contributed by atoms with Crippen LogP contribution in [0, 0.1) is 11.7 Å². The van der Waals surface area contributed by atoms with Crippen molar-refractivity contribution in [3.63, 3.8) is 0 Å². The summed E-state index contributed by atoms with van der Waals surface area (Å²) in [5.74, 6) is -3.39. The molecule has 0 aromatic heterocycles.